The van der Waals surface area contributed by atoms with E-state index in [-0.39, 0.29) is 39.1 Å². The zero-order valence-corrected chi connectivity index (χ0v) is 26.0. The molecule has 5 amide bonds. The molecule has 1 saturated carbocycles. The number of fused-ring (bicyclic) bond motifs is 3. The van der Waals surface area contributed by atoms with Crippen LogP contribution in [0.15, 0.2) is 30.4 Å². The lowest BCUT2D eigenvalue weighted by Crippen LogP contribution is -2.66. The highest BCUT2D eigenvalue weighted by molar-refractivity contribution is 5.96. The van der Waals surface area contributed by atoms with Gasteiger partial charge in [-0.05, 0) is 58.1 Å². The van der Waals surface area contributed by atoms with E-state index in [9.17, 15) is 33.5 Å². The van der Waals surface area contributed by atoms with Crippen molar-refractivity contribution in [1.82, 2.24) is 25.3 Å². The first kappa shape index (κ1) is 32.2. The van der Waals surface area contributed by atoms with Crippen LogP contribution in [0.4, 0.5) is 14.0 Å². The molecule has 3 aliphatic heterocycles. The van der Waals surface area contributed by atoms with Gasteiger partial charge in [0.05, 0.1) is 13.1 Å². The van der Waals surface area contributed by atoms with Crippen molar-refractivity contribution in [2.24, 2.45) is 5.92 Å². The van der Waals surface area contributed by atoms with Gasteiger partial charge < -0.3 is 35.2 Å². The molecule has 0 aromatic heterocycles. The van der Waals surface area contributed by atoms with Gasteiger partial charge in [0.15, 0.2) is 0 Å². The van der Waals surface area contributed by atoms with E-state index < -0.39 is 64.9 Å². The van der Waals surface area contributed by atoms with E-state index in [0.717, 1.165) is 12.8 Å². The fourth-order valence-electron chi connectivity index (χ4n) is 6.38. The minimum absolute atomic E-state index is 0.0201. The van der Waals surface area contributed by atoms with Crippen molar-refractivity contribution in [3.63, 3.8) is 0 Å². The van der Waals surface area contributed by atoms with Crippen molar-refractivity contribution in [3.05, 3.63) is 47.3 Å². The Hall–Kier alpha value is -4.16. The van der Waals surface area contributed by atoms with Gasteiger partial charge in [0.1, 0.15) is 29.0 Å². The lowest BCUT2D eigenvalue weighted by Gasteiger charge is -2.43. The Labute approximate surface area is 261 Å². The number of carbonyl (C=O) groups is 5. The van der Waals surface area contributed by atoms with Crippen molar-refractivity contribution in [2.45, 2.75) is 95.6 Å². The minimum Gasteiger partial charge on any atom is -0.479 e. The summed E-state index contributed by atoms with van der Waals surface area (Å²) in [6.45, 7) is 5.31. The van der Waals surface area contributed by atoms with E-state index in [0.29, 0.717) is 30.4 Å². The molecule has 1 saturated heterocycles. The Morgan fingerprint density at radius 3 is 2.58 bits per heavy atom. The van der Waals surface area contributed by atoms with Gasteiger partial charge in [-0.1, -0.05) is 37.1 Å². The van der Waals surface area contributed by atoms with E-state index >= 15 is 0 Å². The summed E-state index contributed by atoms with van der Waals surface area (Å²) in [5.74, 6) is -3.16. The number of hydrogen-bond acceptors (Lipinski definition) is 6. The van der Waals surface area contributed by atoms with E-state index in [4.69, 9.17) is 4.74 Å². The van der Waals surface area contributed by atoms with E-state index in [1.165, 1.54) is 20.8 Å². The largest absolute Gasteiger partial charge is 0.479 e. The summed E-state index contributed by atoms with van der Waals surface area (Å²) < 4.78 is 19.8. The molecular weight excluding hydrogens is 585 g/mol. The van der Waals surface area contributed by atoms with Crippen LogP contribution in [0.2, 0.25) is 0 Å². The van der Waals surface area contributed by atoms with Crippen LogP contribution in [0, 0.1) is 11.7 Å². The molecule has 12 nitrogen and oxygen atoms in total. The standard InChI is InChI=1S/C32H42FN5O7/c1-31(2,3)45-29(43)34-24-13-8-6-4-5-7-11-21-16-32(21,28(41)42)35-26(39)25-19-36(14-15-38(25)27(24)40)30(44)37-17-20-10-9-12-23(33)22(20)18-37/h7,9-12,21,24-25H,4-6,8,13-19H2,1-3H3,(H,34,43)(H,35,39)(H,41,42)/b11-7+/t21?,24-,25-,32-/m0/s1. The number of benzene rings is 1. The van der Waals surface area contributed by atoms with E-state index in [1.807, 2.05) is 12.2 Å². The number of amides is 5. The molecule has 0 spiro atoms. The number of hydrogen-bond donors (Lipinski definition) is 3. The molecule has 45 heavy (non-hydrogen) atoms. The van der Waals surface area contributed by atoms with Crippen molar-refractivity contribution in [2.75, 3.05) is 19.6 Å². The van der Waals surface area contributed by atoms with Crippen molar-refractivity contribution in [3.8, 4) is 0 Å². The second kappa shape index (κ2) is 12.7. The number of carboxylic acid groups (broad SMARTS) is 1. The summed E-state index contributed by atoms with van der Waals surface area (Å²) in [7, 11) is 0. The fourth-order valence-corrected chi connectivity index (χ4v) is 6.38. The molecule has 0 radical (unpaired) electrons. The highest BCUT2D eigenvalue weighted by Crippen LogP contribution is 2.45. The number of alkyl carbamates (subject to hydrolysis) is 1. The molecular formula is C32H42FN5O7. The molecule has 1 unspecified atom stereocenters. The predicted octanol–water partition coefficient (Wildman–Crippen LogP) is 3.15. The van der Waals surface area contributed by atoms with Crippen LogP contribution in [0.5, 0.6) is 0 Å². The Balaban J connectivity index is 1.40. The van der Waals surface area contributed by atoms with Crippen LogP contribution in [-0.2, 0) is 32.2 Å². The number of nitrogens with zero attached hydrogens (tertiary/aromatic N) is 3. The van der Waals surface area contributed by atoms with Crippen LogP contribution in [0.25, 0.3) is 0 Å². The molecule has 2 fully saturated rings. The molecule has 13 heteroatoms. The molecule has 3 heterocycles. The first-order chi connectivity index (χ1) is 21.3. The Kier molecular flexibility index (Phi) is 9.09. The average Bonchev–Trinajstić information content (AvgIpc) is 3.48. The molecule has 3 N–H and O–H groups in total. The summed E-state index contributed by atoms with van der Waals surface area (Å²) in [5, 5.41) is 15.5. The summed E-state index contributed by atoms with van der Waals surface area (Å²) >= 11 is 0. The Morgan fingerprint density at radius 2 is 1.87 bits per heavy atom. The van der Waals surface area contributed by atoms with Crippen LogP contribution in [0.3, 0.4) is 0 Å². The number of ether oxygens (including phenoxy) is 1. The van der Waals surface area contributed by atoms with Gasteiger partial charge in [-0.3, -0.25) is 9.59 Å². The topological polar surface area (TPSA) is 149 Å². The number of nitrogens with one attached hydrogen (secondary N) is 2. The quantitative estimate of drug-likeness (QED) is 0.427. The Morgan fingerprint density at radius 1 is 1.09 bits per heavy atom. The third kappa shape index (κ3) is 7.07. The number of halogens is 1. The maximum absolute atomic E-state index is 14.4. The lowest BCUT2D eigenvalue weighted by molar-refractivity contribution is -0.148. The molecule has 1 aliphatic carbocycles. The van der Waals surface area contributed by atoms with Gasteiger partial charge in [0, 0.05) is 31.1 Å². The molecule has 244 valence electrons. The molecule has 4 aliphatic rings. The maximum Gasteiger partial charge on any atom is 0.408 e. The van der Waals surface area contributed by atoms with Crippen LogP contribution in [0.1, 0.15) is 70.4 Å². The van der Waals surface area contributed by atoms with Crippen LogP contribution >= 0.6 is 0 Å². The summed E-state index contributed by atoms with van der Waals surface area (Å²) in [6.07, 6.45) is 6.46. The smallest absolute Gasteiger partial charge is 0.408 e. The summed E-state index contributed by atoms with van der Waals surface area (Å²) in [4.78, 5) is 71.0. The van der Waals surface area contributed by atoms with Gasteiger partial charge in [-0.15, -0.1) is 0 Å². The number of piperazine rings is 1. The zero-order valence-electron chi connectivity index (χ0n) is 26.0. The van der Waals surface area contributed by atoms with Gasteiger partial charge in [0.2, 0.25) is 11.8 Å². The number of allylic oxidation sites excluding steroid dienone is 1. The lowest BCUT2D eigenvalue weighted by atomic mass is 10.0. The van der Waals surface area contributed by atoms with Crippen molar-refractivity contribution >= 4 is 29.9 Å². The maximum atomic E-state index is 14.4. The highest BCUT2D eigenvalue weighted by atomic mass is 19.1. The number of carbonyl (C=O) groups excluding carboxylic acids is 4. The van der Waals surface area contributed by atoms with E-state index in [1.54, 1.807) is 32.9 Å². The molecule has 1 aromatic carbocycles. The number of urea groups is 1. The average molecular weight is 628 g/mol. The van der Waals surface area contributed by atoms with Gasteiger partial charge >= 0.3 is 18.1 Å². The van der Waals surface area contributed by atoms with Crippen molar-refractivity contribution < 1.29 is 38.2 Å². The van der Waals surface area contributed by atoms with Gasteiger partial charge in [-0.2, -0.15) is 0 Å². The third-order valence-corrected chi connectivity index (χ3v) is 8.90. The molecule has 1 aromatic rings. The molecule has 4 atom stereocenters. The van der Waals surface area contributed by atoms with Gasteiger partial charge in [0.25, 0.3) is 0 Å². The van der Waals surface area contributed by atoms with E-state index in [2.05, 4.69) is 10.6 Å². The molecule has 5 rings (SSSR count). The fraction of sp³-hybridized carbons (Fsp3) is 0.594. The predicted molar refractivity (Wildman–Crippen MR) is 160 cm³/mol. The summed E-state index contributed by atoms with van der Waals surface area (Å²) in [6, 6.07) is 2.08. The molecule has 0 bridgehead atoms. The minimum atomic E-state index is -1.50. The normalized spacial score (nSPS) is 28.0. The third-order valence-electron chi connectivity index (χ3n) is 8.90. The van der Waals surface area contributed by atoms with Crippen LogP contribution in [-0.4, -0.2) is 92.6 Å². The summed E-state index contributed by atoms with van der Waals surface area (Å²) in [5.41, 5.74) is -1.15. The highest BCUT2D eigenvalue weighted by Gasteiger charge is 2.61. The van der Waals surface area contributed by atoms with Crippen LogP contribution < -0.4 is 10.6 Å². The SMILES string of the molecule is CC(C)(C)OC(=O)N[C@H]1CCCCC/C=C/C2C[C@]2(C(=O)O)NC(=O)[C@@H]2CN(C(=O)N3Cc4cccc(F)c4C3)CCN2C1=O. The number of carboxylic acids is 1. The monoisotopic (exact) mass is 627 g/mol. The zero-order chi connectivity index (χ0) is 32.5. The number of aliphatic carboxylic acids is 1. The second-order valence-corrected chi connectivity index (χ2v) is 13.4. The van der Waals surface area contributed by atoms with Crippen molar-refractivity contribution in [1.29, 1.82) is 0 Å². The first-order valence-corrected chi connectivity index (χ1v) is 15.6. The second-order valence-electron chi connectivity index (χ2n) is 13.4. The Bertz CT molecular complexity index is 1390. The number of rotatable bonds is 2. The first-order valence-electron chi connectivity index (χ1n) is 15.6. The van der Waals surface area contributed by atoms with Gasteiger partial charge in [-0.25, -0.2) is 18.8 Å².